The zero-order chi connectivity index (χ0) is 29.4. The quantitative estimate of drug-likeness (QED) is 0.391. The van der Waals surface area contributed by atoms with Crippen LogP contribution in [0, 0.1) is 19.7 Å². The van der Waals surface area contributed by atoms with Crippen LogP contribution >= 0.6 is 0 Å². The summed E-state index contributed by atoms with van der Waals surface area (Å²) < 4.78 is 54.1. The molecule has 10 heteroatoms. The Balaban J connectivity index is 1.76. The van der Waals surface area contributed by atoms with Gasteiger partial charge >= 0.3 is 0 Å². The highest BCUT2D eigenvalue weighted by atomic mass is 32.2. The lowest BCUT2D eigenvalue weighted by atomic mass is 9.92. The van der Waals surface area contributed by atoms with Crippen molar-refractivity contribution in [1.82, 2.24) is 9.29 Å². The lowest BCUT2D eigenvalue weighted by Gasteiger charge is -2.30. The van der Waals surface area contributed by atoms with E-state index in [1.54, 1.807) is 53.1 Å². The van der Waals surface area contributed by atoms with Crippen LogP contribution in [0.2, 0.25) is 0 Å². The third-order valence-corrected chi connectivity index (χ3v) is 7.91. The minimum absolute atomic E-state index is 0.149. The maximum atomic E-state index is 14.0. The van der Waals surface area contributed by atoms with Crippen molar-refractivity contribution in [3.05, 3.63) is 75.5 Å². The largest absolute Gasteiger partial charge is 0.490 e. The number of nitrogens with zero attached hydrogens (tertiary/aromatic N) is 1. The molecule has 0 spiro atoms. The van der Waals surface area contributed by atoms with E-state index in [0.717, 1.165) is 6.26 Å². The molecule has 0 aliphatic heterocycles. The lowest BCUT2D eigenvalue weighted by molar-refractivity contribution is 0.0786. The molecule has 4 rings (SSSR count). The number of pyridine rings is 1. The Morgan fingerprint density at radius 2 is 1.62 bits per heavy atom. The predicted octanol–water partition coefficient (Wildman–Crippen LogP) is 5.07. The molecule has 1 aliphatic rings. The van der Waals surface area contributed by atoms with E-state index in [1.165, 1.54) is 22.8 Å². The molecule has 0 radical (unpaired) electrons. The van der Waals surface area contributed by atoms with Crippen LogP contribution < -0.4 is 19.8 Å². The molecule has 1 heterocycles. The molecule has 1 saturated carbocycles. The molecule has 8 nitrogen and oxygen atoms in total. The molecule has 0 atom stereocenters. The number of aliphatic hydroxyl groups is 1. The van der Waals surface area contributed by atoms with Crippen molar-refractivity contribution in [1.29, 1.82) is 0 Å². The first-order valence-corrected chi connectivity index (χ1v) is 15.2. The van der Waals surface area contributed by atoms with Gasteiger partial charge in [-0.25, -0.2) is 17.5 Å². The molecule has 0 bridgehead atoms. The summed E-state index contributed by atoms with van der Waals surface area (Å²) in [7, 11) is -1.65. The van der Waals surface area contributed by atoms with Crippen LogP contribution in [0.3, 0.4) is 0 Å². The molecule has 2 N–H and O–H groups in total. The molecule has 1 fully saturated rings. The van der Waals surface area contributed by atoms with Crippen molar-refractivity contribution in [3.63, 3.8) is 0 Å². The van der Waals surface area contributed by atoms with Gasteiger partial charge in [-0.1, -0.05) is 6.07 Å². The number of benzene rings is 2. The average molecular weight is 573 g/mol. The van der Waals surface area contributed by atoms with Gasteiger partial charge in [0.05, 0.1) is 18.0 Å². The first kappa shape index (κ1) is 29.8. The zero-order valence-electron chi connectivity index (χ0n) is 23.7. The Bertz CT molecular complexity index is 1540. The lowest BCUT2D eigenvalue weighted by Crippen LogP contribution is -2.39. The summed E-state index contributed by atoms with van der Waals surface area (Å²) in [5, 5.41) is 10.8. The van der Waals surface area contributed by atoms with E-state index < -0.39 is 15.6 Å². The van der Waals surface area contributed by atoms with Crippen LogP contribution in [0.1, 0.15) is 56.2 Å². The molecule has 3 aromatic rings. The van der Waals surface area contributed by atoms with E-state index in [-0.39, 0.29) is 23.5 Å². The Morgan fingerprint density at radius 3 is 2.20 bits per heavy atom. The number of aromatic nitrogens is 1. The maximum absolute atomic E-state index is 14.0. The van der Waals surface area contributed by atoms with Gasteiger partial charge in [-0.05, 0) is 94.3 Å². The monoisotopic (exact) mass is 572 g/mol. The average Bonchev–Trinajstić information content (AvgIpc) is 2.83. The number of sulfonamides is 1. The molecular formula is C30H37FN2O6S. The van der Waals surface area contributed by atoms with Crippen molar-refractivity contribution in [2.75, 3.05) is 6.26 Å². The van der Waals surface area contributed by atoms with Crippen LogP contribution in [-0.2, 0) is 22.7 Å². The molecule has 1 aliphatic carbocycles. The van der Waals surface area contributed by atoms with Crippen LogP contribution in [0.25, 0.3) is 11.1 Å². The fourth-order valence-electron chi connectivity index (χ4n) is 5.07. The van der Waals surface area contributed by atoms with E-state index >= 15 is 0 Å². The first-order valence-electron chi connectivity index (χ1n) is 13.3. The van der Waals surface area contributed by atoms with Gasteiger partial charge in [-0.2, -0.15) is 0 Å². The fraction of sp³-hybridized carbons (Fsp3) is 0.433. The van der Waals surface area contributed by atoms with Gasteiger partial charge in [0.15, 0.2) is 0 Å². The van der Waals surface area contributed by atoms with Gasteiger partial charge in [-0.15, -0.1) is 0 Å². The zero-order valence-corrected chi connectivity index (χ0v) is 24.6. The molecule has 2 aromatic carbocycles. The molecular weight excluding hydrogens is 535 g/mol. The Hall–Kier alpha value is -3.21. The highest BCUT2D eigenvalue weighted by Gasteiger charge is 2.27. The van der Waals surface area contributed by atoms with E-state index in [2.05, 4.69) is 4.72 Å². The summed E-state index contributed by atoms with van der Waals surface area (Å²) in [6.45, 7) is 6.90. The van der Waals surface area contributed by atoms with Gasteiger partial charge in [-0.3, -0.25) is 4.79 Å². The van der Waals surface area contributed by atoms with Gasteiger partial charge < -0.3 is 19.1 Å². The molecule has 0 amide bonds. The third-order valence-electron chi connectivity index (χ3n) is 7.15. The van der Waals surface area contributed by atoms with Crippen LogP contribution in [0.15, 0.2) is 47.4 Å². The second-order valence-electron chi connectivity index (χ2n) is 11.2. The standard InChI is InChI=1S/C30H37FN2O6S/c1-18-13-21(31)14-19(2)29(18)39-26-12-7-20(30(3,4)35)15-24(26)25-17-33(5)28(34)16-27(25)38-23-10-8-22(9-11-23)32-40(6,36)37/h7,12-17,22-23,32,35H,8-11H2,1-6H3. The van der Waals surface area contributed by atoms with Gasteiger partial charge in [0.2, 0.25) is 10.0 Å². The summed E-state index contributed by atoms with van der Waals surface area (Å²) in [5.74, 6) is 0.987. The number of nitrogens with one attached hydrogen (secondary N) is 1. The summed E-state index contributed by atoms with van der Waals surface area (Å²) in [6, 6.07) is 9.43. The number of rotatable bonds is 8. The van der Waals surface area contributed by atoms with E-state index in [9.17, 15) is 22.7 Å². The molecule has 216 valence electrons. The third kappa shape index (κ3) is 7.10. The van der Waals surface area contributed by atoms with Crippen molar-refractivity contribution >= 4 is 10.0 Å². The van der Waals surface area contributed by atoms with Crippen molar-refractivity contribution in [3.8, 4) is 28.4 Å². The summed E-state index contributed by atoms with van der Waals surface area (Å²) in [6.07, 6.45) is 5.07. The predicted molar refractivity (Wildman–Crippen MR) is 153 cm³/mol. The second kappa shape index (κ2) is 11.3. The Labute approximate surface area is 234 Å². The smallest absolute Gasteiger partial charge is 0.254 e. The molecule has 0 saturated heterocycles. The normalized spacial score (nSPS) is 18.0. The minimum atomic E-state index is -3.30. The molecule has 0 unspecified atom stereocenters. The number of hydrogen-bond acceptors (Lipinski definition) is 6. The molecule has 1 aromatic heterocycles. The van der Waals surface area contributed by atoms with Gasteiger partial charge in [0.1, 0.15) is 23.1 Å². The Morgan fingerprint density at radius 1 is 1.00 bits per heavy atom. The van der Waals surface area contributed by atoms with Crippen molar-refractivity contribution in [2.45, 2.75) is 71.1 Å². The summed E-state index contributed by atoms with van der Waals surface area (Å²) in [5.41, 5.74) is 1.68. The van der Waals surface area contributed by atoms with Gasteiger partial charge in [0.25, 0.3) is 5.56 Å². The minimum Gasteiger partial charge on any atom is -0.490 e. The van der Waals surface area contributed by atoms with Crippen molar-refractivity contribution in [2.24, 2.45) is 7.05 Å². The highest BCUT2D eigenvalue weighted by Crippen LogP contribution is 2.42. The number of ether oxygens (including phenoxy) is 2. The Kier molecular flexibility index (Phi) is 8.44. The maximum Gasteiger partial charge on any atom is 0.254 e. The number of halogens is 1. The fourth-order valence-corrected chi connectivity index (χ4v) is 5.91. The number of hydrogen-bond donors (Lipinski definition) is 2. The van der Waals surface area contributed by atoms with E-state index in [1.807, 2.05) is 6.07 Å². The second-order valence-corrected chi connectivity index (χ2v) is 13.0. The number of aryl methyl sites for hydroxylation is 3. The summed E-state index contributed by atoms with van der Waals surface area (Å²) in [4.78, 5) is 12.7. The van der Waals surface area contributed by atoms with Crippen LogP contribution in [0.5, 0.6) is 17.2 Å². The van der Waals surface area contributed by atoms with E-state index in [0.29, 0.717) is 70.7 Å². The van der Waals surface area contributed by atoms with Gasteiger partial charge in [0, 0.05) is 36.5 Å². The topological polar surface area (TPSA) is 107 Å². The van der Waals surface area contributed by atoms with Crippen molar-refractivity contribution < 1.29 is 27.4 Å². The van der Waals surface area contributed by atoms with E-state index in [4.69, 9.17) is 9.47 Å². The highest BCUT2D eigenvalue weighted by molar-refractivity contribution is 7.88. The molecule has 40 heavy (non-hydrogen) atoms. The summed E-state index contributed by atoms with van der Waals surface area (Å²) >= 11 is 0. The van der Waals surface area contributed by atoms with Crippen LogP contribution in [0.4, 0.5) is 4.39 Å². The van der Waals surface area contributed by atoms with Crippen LogP contribution in [-0.4, -0.2) is 36.5 Å². The first-order chi connectivity index (χ1) is 18.6. The SMILES string of the molecule is Cc1cc(F)cc(C)c1Oc1ccc(C(C)(C)O)cc1-c1cn(C)c(=O)cc1OC1CCC(NS(C)(=O)=O)CC1.